The first-order chi connectivity index (χ1) is 5.79. The van der Waals surface area contributed by atoms with Crippen LogP contribution in [0.3, 0.4) is 0 Å². The standard InChI is InChI=1S/C6Br2O4/c7-1-2(8)4-6-5(3(1)9-4)10-12-11-6. The van der Waals surface area contributed by atoms with Crippen molar-refractivity contribution in [1.29, 1.82) is 0 Å². The Hall–Kier alpha value is -0.460. The van der Waals surface area contributed by atoms with E-state index in [4.69, 9.17) is 14.2 Å². The minimum absolute atomic E-state index is 0.486. The van der Waals surface area contributed by atoms with Gasteiger partial charge in [0.05, 0.1) is 8.95 Å². The molecule has 0 saturated carbocycles. The molecule has 0 radical (unpaired) electrons. The van der Waals surface area contributed by atoms with Crippen molar-refractivity contribution in [3.63, 3.8) is 0 Å². The van der Waals surface area contributed by atoms with E-state index in [-0.39, 0.29) is 0 Å². The summed E-state index contributed by atoms with van der Waals surface area (Å²) in [6.07, 6.45) is 0. The van der Waals surface area contributed by atoms with Gasteiger partial charge in [0.2, 0.25) is 0 Å². The summed E-state index contributed by atoms with van der Waals surface area (Å²) in [7, 11) is 0. The van der Waals surface area contributed by atoms with Crippen LogP contribution in [-0.2, 0) is 5.04 Å². The van der Waals surface area contributed by atoms with Crippen LogP contribution < -0.4 is 9.78 Å². The van der Waals surface area contributed by atoms with Gasteiger partial charge in [0.25, 0.3) is 11.5 Å². The number of furan rings is 2. The summed E-state index contributed by atoms with van der Waals surface area (Å²) in [5.74, 6) is 0.972. The van der Waals surface area contributed by atoms with Crippen molar-refractivity contribution in [3.8, 4) is 11.5 Å². The Morgan fingerprint density at radius 2 is 1.33 bits per heavy atom. The van der Waals surface area contributed by atoms with E-state index in [0.29, 0.717) is 22.7 Å². The number of rotatable bonds is 0. The second kappa shape index (κ2) is 2.07. The molecule has 12 heavy (non-hydrogen) atoms. The number of benzene rings is 1. The molecule has 1 aliphatic rings. The van der Waals surface area contributed by atoms with E-state index in [1.165, 1.54) is 0 Å². The van der Waals surface area contributed by atoms with Crippen molar-refractivity contribution in [1.82, 2.24) is 0 Å². The fourth-order valence-electron chi connectivity index (χ4n) is 1.13. The van der Waals surface area contributed by atoms with Gasteiger partial charge in [0.1, 0.15) is 0 Å². The Morgan fingerprint density at radius 3 is 1.83 bits per heavy atom. The Balaban J connectivity index is 2.49. The monoisotopic (exact) mass is 294 g/mol. The zero-order valence-electron chi connectivity index (χ0n) is 5.39. The molecule has 0 unspecified atom stereocenters. The van der Waals surface area contributed by atoms with Crippen molar-refractivity contribution in [2.24, 2.45) is 0 Å². The van der Waals surface area contributed by atoms with Crippen LogP contribution in [-0.4, -0.2) is 0 Å². The number of fused-ring (bicyclic) bond motifs is 5. The maximum absolute atomic E-state index is 5.33. The summed E-state index contributed by atoms with van der Waals surface area (Å²) in [5.41, 5.74) is 1.17. The van der Waals surface area contributed by atoms with Crippen molar-refractivity contribution < 1.29 is 19.2 Å². The van der Waals surface area contributed by atoms with E-state index in [0.717, 1.165) is 8.95 Å². The fraction of sp³-hybridized carbons (Fsp3) is 0. The minimum Gasteiger partial charge on any atom is -0.446 e. The molecule has 3 rings (SSSR count). The largest absolute Gasteiger partial charge is 0.446 e. The topological polar surface area (TPSA) is 40.8 Å². The van der Waals surface area contributed by atoms with Gasteiger partial charge >= 0.3 is 0 Å². The van der Waals surface area contributed by atoms with E-state index in [9.17, 15) is 0 Å². The molecule has 6 heteroatoms. The molecule has 1 aliphatic heterocycles. The minimum atomic E-state index is 0.486. The zero-order chi connectivity index (χ0) is 8.29. The van der Waals surface area contributed by atoms with Gasteiger partial charge in [0.15, 0.2) is 11.2 Å². The van der Waals surface area contributed by atoms with E-state index < -0.39 is 0 Å². The molecule has 0 atom stereocenters. The van der Waals surface area contributed by atoms with E-state index in [2.05, 4.69) is 36.9 Å². The molecule has 0 spiro atoms. The molecule has 2 bridgehead atoms. The number of halogens is 2. The fourth-order valence-corrected chi connectivity index (χ4v) is 2.01. The average molecular weight is 296 g/mol. The molecule has 0 aromatic carbocycles. The molecular formula is C6Br2O4. The van der Waals surface area contributed by atoms with Gasteiger partial charge in [-0.3, -0.25) is 9.78 Å². The summed E-state index contributed by atoms with van der Waals surface area (Å²) >= 11 is 6.64. The van der Waals surface area contributed by atoms with Gasteiger partial charge in [-0.2, -0.15) is 0 Å². The second-order valence-corrected chi connectivity index (χ2v) is 3.87. The molecule has 3 heterocycles. The van der Waals surface area contributed by atoms with Crippen LogP contribution in [0.15, 0.2) is 13.4 Å². The maximum atomic E-state index is 5.33. The van der Waals surface area contributed by atoms with Gasteiger partial charge in [0, 0.05) is 5.04 Å². The van der Waals surface area contributed by atoms with E-state index >= 15 is 0 Å². The highest BCUT2D eigenvalue weighted by atomic mass is 79.9. The number of hydrogen-bond donors (Lipinski definition) is 0. The van der Waals surface area contributed by atoms with Crippen LogP contribution in [0.25, 0.3) is 11.2 Å². The van der Waals surface area contributed by atoms with Crippen LogP contribution in [0.2, 0.25) is 0 Å². The summed E-state index contributed by atoms with van der Waals surface area (Å²) in [4.78, 5) is 9.44. The molecular weight excluding hydrogens is 296 g/mol. The van der Waals surface area contributed by atoms with Crippen LogP contribution >= 0.6 is 31.9 Å². The smallest absolute Gasteiger partial charge is 0.263 e. The van der Waals surface area contributed by atoms with Gasteiger partial charge in [-0.15, -0.1) is 0 Å². The normalized spacial score (nSPS) is 14.8. The predicted molar refractivity (Wildman–Crippen MR) is 45.1 cm³/mol. The zero-order valence-corrected chi connectivity index (χ0v) is 8.56. The van der Waals surface area contributed by atoms with Crippen molar-refractivity contribution >= 4 is 43.0 Å². The van der Waals surface area contributed by atoms with Crippen LogP contribution in [0.5, 0.6) is 11.5 Å². The Labute approximate surface area is 82.8 Å². The highest BCUT2D eigenvalue weighted by Crippen LogP contribution is 2.53. The Morgan fingerprint density at radius 1 is 0.833 bits per heavy atom. The first kappa shape index (κ1) is 6.99. The molecule has 0 saturated heterocycles. The molecule has 0 fully saturated rings. The van der Waals surface area contributed by atoms with Crippen LogP contribution in [0.4, 0.5) is 0 Å². The first-order valence-electron chi connectivity index (χ1n) is 3.03. The lowest BCUT2D eigenvalue weighted by molar-refractivity contribution is -0.384. The van der Waals surface area contributed by atoms with Crippen molar-refractivity contribution in [3.05, 3.63) is 8.95 Å². The van der Waals surface area contributed by atoms with Crippen LogP contribution in [0.1, 0.15) is 0 Å². The predicted octanol–water partition coefficient (Wildman–Crippen LogP) is 3.01. The molecule has 0 N–H and O–H groups in total. The lowest BCUT2D eigenvalue weighted by Gasteiger charge is -1.88. The quantitative estimate of drug-likeness (QED) is 0.701. The second-order valence-electron chi connectivity index (χ2n) is 2.28. The SMILES string of the molecule is Brc1c(Br)c2oc1c1c2OOO1. The molecule has 4 nitrogen and oxygen atoms in total. The first-order valence-corrected chi connectivity index (χ1v) is 4.61. The van der Waals surface area contributed by atoms with Gasteiger partial charge in [-0.1, -0.05) is 0 Å². The Bertz CT molecular complexity index is 410. The third kappa shape index (κ3) is 0.618. The highest BCUT2D eigenvalue weighted by molar-refractivity contribution is 9.13. The Kier molecular flexibility index (Phi) is 1.20. The molecule has 0 amide bonds. The van der Waals surface area contributed by atoms with Gasteiger partial charge in [-0.05, 0) is 31.9 Å². The highest BCUT2D eigenvalue weighted by Gasteiger charge is 2.33. The van der Waals surface area contributed by atoms with Gasteiger partial charge < -0.3 is 4.42 Å². The van der Waals surface area contributed by atoms with Crippen LogP contribution in [0, 0.1) is 0 Å². The summed E-state index contributed by atoms with van der Waals surface area (Å²) < 4.78 is 6.95. The van der Waals surface area contributed by atoms with Gasteiger partial charge in [-0.25, -0.2) is 0 Å². The summed E-state index contributed by atoms with van der Waals surface area (Å²) in [6, 6.07) is 0. The van der Waals surface area contributed by atoms with Crippen molar-refractivity contribution in [2.75, 3.05) is 0 Å². The molecule has 2 aromatic heterocycles. The molecule has 62 valence electrons. The van der Waals surface area contributed by atoms with E-state index in [1.54, 1.807) is 0 Å². The van der Waals surface area contributed by atoms with Crippen molar-refractivity contribution in [2.45, 2.75) is 0 Å². The summed E-state index contributed by atoms with van der Waals surface area (Å²) in [5, 5.41) is 4.32. The molecule has 2 aromatic rings. The summed E-state index contributed by atoms with van der Waals surface area (Å²) in [6.45, 7) is 0. The van der Waals surface area contributed by atoms with E-state index in [1.807, 2.05) is 0 Å². The lowest BCUT2D eigenvalue weighted by atomic mass is 10.3. The lowest BCUT2D eigenvalue weighted by Crippen LogP contribution is -1.89. The average Bonchev–Trinajstić information content (AvgIpc) is 2.63. The third-order valence-corrected chi connectivity index (χ3v) is 3.69. The third-order valence-electron chi connectivity index (χ3n) is 1.65. The maximum Gasteiger partial charge on any atom is 0.263 e. The number of hydrogen-bond acceptors (Lipinski definition) is 4. The molecule has 0 aliphatic carbocycles.